The quantitative estimate of drug-likeness (QED) is 0.425. The smallest absolute Gasteiger partial charge is 0.184 e. The SMILES string of the molecule is Brc1cc(Br)c(OCCCN2CCN(c3cccc4c3OCCO4)CC2)c(Br)c1. The Hall–Kier alpha value is -0.960. The van der Waals surface area contributed by atoms with E-state index in [1.165, 1.54) is 0 Å². The molecule has 0 aliphatic carbocycles. The molecular formula is C21H23Br3N2O3. The van der Waals surface area contributed by atoms with Gasteiger partial charge in [-0.25, -0.2) is 0 Å². The van der Waals surface area contributed by atoms with Gasteiger partial charge in [0.15, 0.2) is 11.5 Å². The molecule has 0 atom stereocenters. The largest absolute Gasteiger partial charge is 0.491 e. The van der Waals surface area contributed by atoms with E-state index in [0.717, 1.165) is 75.5 Å². The van der Waals surface area contributed by atoms with Crippen LogP contribution in [0.1, 0.15) is 6.42 Å². The molecule has 5 nitrogen and oxygen atoms in total. The van der Waals surface area contributed by atoms with Crippen LogP contribution in [0.15, 0.2) is 43.7 Å². The second-order valence-corrected chi connectivity index (χ2v) is 9.65. The number of nitrogens with zero attached hydrogens (tertiary/aromatic N) is 2. The fourth-order valence-corrected chi connectivity index (χ4v) is 6.14. The Labute approximate surface area is 196 Å². The van der Waals surface area contributed by atoms with Gasteiger partial charge in [0.05, 0.1) is 21.2 Å². The van der Waals surface area contributed by atoms with Gasteiger partial charge in [-0.2, -0.15) is 0 Å². The second kappa shape index (κ2) is 9.90. The Morgan fingerprint density at radius 3 is 2.41 bits per heavy atom. The molecule has 0 amide bonds. The highest BCUT2D eigenvalue weighted by molar-refractivity contribution is 9.11. The van der Waals surface area contributed by atoms with Gasteiger partial charge in [0.25, 0.3) is 0 Å². The molecule has 4 rings (SSSR count). The Morgan fingerprint density at radius 2 is 1.66 bits per heavy atom. The van der Waals surface area contributed by atoms with Crippen LogP contribution in [0.3, 0.4) is 0 Å². The number of anilines is 1. The zero-order chi connectivity index (χ0) is 20.2. The molecule has 8 heteroatoms. The number of ether oxygens (including phenoxy) is 3. The van der Waals surface area contributed by atoms with Gasteiger partial charge in [0.1, 0.15) is 19.0 Å². The molecule has 0 radical (unpaired) electrons. The lowest BCUT2D eigenvalue weighted by atomic mass is 10.2. The number of benzene rings is 2. The van der Waals surface area contributed by atoms with Crippen molar-refractivity contribution < 1.29 is 14.2 Å². The van der Waals surface area contributed by atoms with Crippen molar-refractivity contribution in [1.29, 1.82) is 0 Å². The maximum Gasteiger partial charge on any atom is 0.184 e. The molecule has 2 aromatic rings. The third kappa shape index (κ3) is 5.21. The fraction of sp³-hybridized carbons (Fsp3) is 0.429. The van der Waals surface area contributed by atoms with Gasteiger partial charge in [0, 0.05) is 37.2 Å². The lowest BCUT2D eigenvalue weighted by Gasteiger charge is -2.37. The molecule has 0 unspecified atom stereocenters. The van der Waals surface area contributed by atoms with E-state index >= 15 is 0 Å². The van der Waals surface area contributed by atoms with Gasteiger partial charge in [-0.3, -0.25) is 4.90 Å². The molecule has 29 heavy (non-hydrogen) atoms. The first-order chi connectivity index (χ1) is 14.1. The lowest BCUT2D eigenvalue weighted by molar-refractivity contribution is 0.171. The van der Waals surface area contributed by atoms with Crippen molar-refractivity contribution in [3.63, 3.8) is 0 Å². The van der Waals surface area contributed by atoms with Crippen molar-refractivity contribution in [3.8, 4) is 17.2 Å². The minimum atomic E-state index is 0.620. The minimum Gasteiger partial charge on any atom is -0.491 e. The standard InChI is InChI=1S/C21H23Br3N2O3/c22-15-13-16(23)20(17(24)14-15)28-10-2-5-25-6-8-26(9-7-25)18-3-1-4-19-21(18)29-12-11-27-19/h1,3-4,13-14H,2,5-12H2. The predicted molar refractivity (Wildman–Crippen MR) is 126 cm³/mol. The Balaban J connectivity index is 1.24. The highest BCUT2D eigenvalue weighted by atomic mass is 79.9. The van der Waals surface area contributed by atoms with E-state index in [1.807, 2.05) is 24.3 Å². The average Bonchev–Trinajstić information content (AvgIpc) is 2.72. The summed E-state index contributed by atoms with van der Waals surface area (Å²) in [5, 5.41) is 0. The molecule has 0 bridgehead atoms. The molecule has 0 saturated carbocycles. The zero-order valence-corrected chi connectivity index (χ0v) is 20.8. The highest BCUT2D eigenvalue weighted by Gasteiger charge is 2.23. The number of rotatable bonds is 6. The molecular weight excluding hydrogens is 568 g/mol. The number of halogens is 3. The van der Waals surface area contributed by atoms with Gasteiger partial charge in [-0.1, -0.05) is 22.0 Å². The molecule has 2 aliphatic rings. The molecule has 2 heterocycles. The molecule has 1 saturated heterocycles. The summed E-state index contributed by atoms with van der Waals surface area (Å²) >= 11 is 10.6. The van der Waals surface area contributed by atoms with Crippen molar-refractivity contribution in [2.24, 2.45) is 0 Å². The van der Waals surface area contributed by atoms with Crippen LogP contribution in [0.5, 0.6) is 17.2 Å². The van der Waals surface area contributed by atoms with Crippen LogP contribution >= 0.6 is 47.8 Å². The summed E-state index contributed by atoms with van der Waals surface area (Å²) in [5.74, 6) is 2.61. The molecule has 156 valence electrons. The number of hydrogen-bond acceptors (Lipinski definition) is 5. The monoisotopic (exact) mass is 588 g/mol. The van der Waals surface area contributed by atoms with E-state index in [4.69, 9.17) is 14.2 Å². The number of hydrogen-bond donors (Lipinski definition) is 0. The van der Waals surface area contributed by atoms with Gasteiger partial charge >= 0.3 is 0 Å². The summed E-state index contributed by atoms with van der Waals surface area (Å²) in [6, 6.07) is 10.2. The Kier molecular flexibility index (Phi) is 7.26. The first kappa shape index (κ1) is 21.3. The first-order valence-corrected chi connectivity index (χ1v) is 12.1. The van der Waals surface area contributed by atoms with E-state index in [9.17, 15) is 0 Å². The van der Waals surface area contributed by atoms with Crippen LogP contribution < -0.4 is 19.1 Å². The van der Waals surface area contributed by atoms with Crippen LogP contribution in [0.25, 0.3) is 0 Å². The number of fused-ring (bicyclic) bond motifs is 1. The summed E-state index contributed by atoms with van der Waals surface area (Å²) in [6.07, 6.45) is 0.993. The van der Waals surface area contributed by atoms with Crippen LogP contribution in [-0.2, 0) is 0 Å². The molecule has 0 N–H and O–H groups in total. The number of piperazine rings is 1. The van der Waals surface area contributed by atoms with E-state index < -0.39 is 0 Å². The summed E-state index contributed by atoms with van der Waals surface area (Å²) in [4.78, 5) is 4.90. The predicted octanol–water partition coefficient (Wildman–Crippen LogP) is 5.34. The Morgan fingerprint density at radius 1 is 0.931 bits per heavy atom. The topological polar surface area (TPSA) is 34.2 Å². The second-order valence-electron chi connectivity index (χ2n) is 7.03. The Bertz CT molecular complexity index is 834. The summed E-state index contributed by atoms with van der Waals surface area (Å²) in [5.41, 5.74) is 1.15. The van der Waals surface area contributed by atoms with Gasteiger partial charge in [-0.15, -0.1) is 0 Å². The van der Waals surface area contributed by atoms with Crippen LogP contribution in [0.4, 0.5) is 5.69 Å². The molecule has 2 aliphatic heterocycles. The fourth-order valence-electron chi connectivity index (χ4n) is 3.65. The van der Waals surface area contributed by atoms with Crippen LogP contribution in [0, 0.1) is 0 Å². The van der Waals surface area contributed by atoms with E-state index in [1.54, 1.807) is 0 Å². The summed E-state index contributed by atoms with van der Waals surface area (Å²) < 4.78 is 20.5. The zero-order valence-electron chi connectivity index (χ0n) is 16.0. The van der Waals surface area contributed by atoms with Gasteiger partial charge in [0.2, 0.25) is 0 Å². The third-order valence-electron chi connectivity index (χ3n) is 5.09. The van der Waals surface area contributed by atoms with Crippen LogP contribution in [-0.4, -0.2) is 57.4 Å². The highest BCUT2D eigenvalue weighted by Crippen LogP contribution is 2.40. The number of para-hydroxylation sites is 1. The molecule has 1 fully saturated rings. The van der Waals surface area contributed by atoms with Crippen molar-refractivity contribution in [2.75, 3.05) is 57.4 Å². The average molecular weight is 591 g/mol. The van der Waals surface area contributed by atoms with Crippen LogP contribution in [0.2, 0.25) is 0 Å². The maximum absolute atomic E-state index is 5.98. The summed E-state index contributed by atoms with van der Waals surface area (Å²) in [6.45, 7) is 7.03. The third-order valence-corrected chi connectivity index (χ3v) is 6.72. The summed E-state index contributed by atoms with van der Waals surface area (Å²) in [7, 11) is 0. The van der Waals surface area contributed by atoms with Gasteiger partial charge < -0.3 is 19.1 Å². The normalized spacial score (nSPS) is 16.7. The maximum atomic E-state index is 5.98. The first-order valence-electron chi connectivity index (χ1n) is 9.75. The van der Waals surface area contributed by atoms with Crippen molar-refractivity contribution >= 4 is 53.5 Å². The molecule has 0 aromatic heterocycles. The van der Waals surface area contributed by atoms with Gasteiger partial charge in [-0.05, 0) is 62.5 Å². The molecule has 0 spiro atoms. The lowest BCUT2D eigenvalue weighted by Crippen LogP contribution is -2.47. The van der Waals surface area contributed by atoms with Crippen molar-refractivity contribution in [1.82, 2.24) is 4.90 Å². The van der Waals surface area contributed by atoms with E-state index in [2.05, 4.69) is 63.7 Å². The van der Waals surface area contributed by atoms with E-state index in [-0.39, 0.29) is 0 Å². The van der Waals surface area contributed by atoms with Crippen molar-refractivity contribution in [3.05, 3.63) is 43.7 Å². The van der Waals surface area contributed by atoms with Crippen molar-refractivity contribution in [2.45, 2.75) is 6.42 Å². The minimum absolute atomic E-state index is 0.620. The molecule has 2 aromatic carbocycles. The van der Waals surface area contributed by atoms with E-state index in [0.29, 0.717) is 19.8 Å².